The molecule has 6 N–H and O–H groups in total. The number of carbonyl (C=O) groups is 1. The number of amides is 1. The summed E-state index contributed by atoms with van der Waals surface area (Å²) in [7, 11) is 5.25. The lowest BCUT2D eigenvalue weighted by Crippen LogP contribution is -2.21. The molecule has 0 fully saturated rings. The Kier molecular flexibility index (Phi) is 39.9. The van der Waals surface area contributed by atoms with Crippen LogP contribution in [0.2, 0.25) is 0 Å². The molecular formula is C34H59N3O4. The highest BCUT2D eigenvalue weighted by atomic mass is 16.4. The van der Waals surface area contributed by atoms with Crippen molar-refractivity contribution in [2.45, 2.75) is 54.9 Å². The predicted molar refractivity (Wildman–Crippen MR) is 182 cm³/mol. The molecule has 0 heterocycles. The minimum Gasteiger partial charge on any atom is -0.402 e. The van der Waals surface area contributed by atoms with Crippen molar-refractivity contribution < 1.29 is 19.7 Å². The van der Waals surface area contributed by atoms with E-state index in [-0.39, 0.29) is 0 Å². The van der Waals surface area contributed by atoms with E-state index < -0.39 is 0 Å². The fourth-order valence-corrected chi connectivity index (χ4v) is 2.66. The number of para-hydroxylation sites is 1. The first-order valence-corrected chi connectivity index (χ1v) is 13.2. The Hall–Kier alpha value is -3.49. The van der Waals surface area contributed by atoms with Gasteiger partial charge in [0.15, 0.2) is 0 Å². The lowest BCUT2D eigenvalue weighted by molar-refractivity contribution is -0.107. The zero-order valence-electron chi connectivity index (χ0n) is 27.6. The number of carbonyl (C=O) groups excluding carboxylic acids is 1. The number of aliphatic hydroxyl groups excluding tert-OH is 2. The smallest absolute Gasteiger partial charge is 0.218 e. The molecule has 7 nitrogen and oxygen atoms in total. The molecule has 0 atom stereocenters. The van der Waals surface area contributed by atoms with Gasteiger partial charge in [0.1, 0.15) is 0 Å². The van der Waals surface area contributed by atoms with Gasteiger partial charge in [0.2, 0.25) is 6.41 Å². The summed E-state index contributed by atoms with van der Waals surface area (Å²) in [6.45, 7) is 25.1. The summed E-state index contributed by atoms with van der Waals surface area (Å²) in [5, 5.41) is 14.0. The second-order valence-electron chi connectivity index (χ2n) is 8.04. The Morgan fingerprint density at radius 1 is 1.00 bits per heavy atom. The van der Waals surface area contributed by atoms with E-state index in [1.165, 1.54) is 0 Å². The maximum absolute atomic E-state index is 11.9. The number of ether oxygens (including phenoxy) is 1. The summed E-state index contributed by atoms with van der Waals surface area (Å²) in [6.07, 6.45) is 11.0. The third kappa shape index (κ3) is 24.1. The second-order valence-corrected chi connectivity index (χ2v) is 8.04. The van der Waals surface area contributed by atoms with Gasteiger partial charge in [-0.05, 0) is 82.4 Å². The summed E-state index contributed by atoms with van der Waals surface area (Å²) in [5.41, 5.74) is 18.8. The van der Waals surface area contributed by atoms with Crippen molar-refractivity contribution in [3.63, 3.8) is 0 Å². The minimum absolute atomic E-state index is 0.560. The SMILES string of the molecule is C=C(/C=C\C)CN.C=C/C(C)=C(C)\C=C(/CC)N(C=O)c1ccccc1/C(C)=C(\C)N.C=CC.CO.CO.COC. The topological polar surface area (TPSA) is 122 Å². The van der Waals surface area contributed by atoms with Gasteiger partial charge >= 0.3 is 0 Å². The van der Waals surface area contributed by atoms with Crippen molar-refractivity contribution in [2.24, 2.45) is 11.5 Å². The molecule has 41 heavy (non-hydrogen) atoms. The third-order valence-electron chi connectivity index (χ3n) is 4.91. The number of benzene rings is 1. The summed E-state index contributed by atoms with van der Waals surface area (Å²) >= 11 is 0. The standard InChI is InChI=1S/C21H28N2O.C6H11N.C3H6.C2H6O.2CH4O/c1-7-15(3)16(4)13-19(8-2)23(14-24)21-12-10-9-11-20(21)17(5)18(6)22;1-3-4-6(2)5-7;2*1-3-2;2*1-2/h7,9-14H,1,8,22H2,2-6H3;3-4H,2,5,7H2,1H3;3H,1H2,2H3;1-2H3;2*2H,1H3/b16-15-,18-17+,19-13+;4-3-;;;;. The molecule has 7 heteroatoms. The molecule has 0 aliphatic heterocycles. The summed E-state index contributed by atoms with van der Waals surface area (Å²) < 4.78 is 4.25. The van der Waals surface area contributed by atoms with Gasteiger partial charge < -0.3 is 26.4 Å². The van der Waals surface area contributed by atoms with E-state index in [0.717, 1.165) is 72.0 Å². The molecule has 0 saturated carbocycles. The minimum atomic E-state index is 0.560. The van der Waals surface area contributed by atoms with Crippen LogP contribution in [-0.2, 0) is 9.53 Å². The normalized spacial score (nSPS) is 10.8. The van der Waals surface area contributed by atoms with Gasteiger partial charge in [-0.1, -0.05) is 62.6 Å². The van der Waals surface area contributed by atoms with Crippen LogP contribution in [0, 0.1) is 0 Å². The number of nitrogens with zero attached hydrogens (tertiary/aromatic N) is 1. The molecule has 1 aromatic rings. The average molecular weight is 574 g/mol. The molecule has 0 radical (unpaired) electrons. The number of methoxy groups -OCH3 is 1. The highest BCUT2D eigenvalue weighted by Gasteiger charge is 2.15. The molecular weight excluding hydrogens is 514 g/mol. The van der Waals surface area contributed by atoms with Crippen molar-refractivity contribution in [3.8, 4) is 0 Å². The molecule has 0 spiro atoms. The fourth-order valence-electron chi connectivity index (χ4n) is 2.66. The molecule has 0 saturated heterocycles. The van der Waals surface area contributed by atoms with Crippen LogP contribution in [0.5, 0.6) is 0 Å². The molecule has 1 rings (SSSR count). The van der Waals surface area contributed by atoms with E-state index in [0.29, 0.717) is 6.54 Å². The number of hydrogen-bond donors (Lipinski definition) is 4. The number of rotatable bonds is 9. The van der Waals surface area contributed by atoms with Crippen molar-refractivity contribution in [1.82, 2.24) is 0 Å². The van der Waals surface area contributed by atoms with Crippen LogP contribution in [0.1, 0.15) is 60.5 Å². The molecule has 234 valence electrons. The van der Waals surface area contributed by atoms with Gasteiger partial charge in [-0.15, -0.1) is 6.58 Å². The molecule has 0 aliphatic rings. The maximum Gasteiger partial charge on any atom is 0.218 e. The first kappa shape index (κ1) is 47.3. The fraction of sp³-hybridized carbons (Fsp3) is 0.382. The number of aliphatic hydroxyl groups is 2. The van der Waals surface area contributed by atoms with E-state index in [1.807, 2.05) is 97.0 Å². The van der Waals surface area contributed by atoms with Gasteiger partial charge in [0, 0.05) is 51.9 Å². The van der Waals surface area contributed by atoms with E-state index >= 15 is 0 Å². The van der Waals surface area contributed by atoms with Crippen molar-refractivity contribution in [2.75, 3.05) is 39.9 Å². The molecule has 0 unspecified atom stereocenters. The largest absolute Gasteiger partial charge is 0.402 e. The van der Waals surface area contributed by atoms with Crippen LogP contribution in [0.15, 0.2) is 102 Å². The lowest BCUT2D eigenvalue weighted by atomic mass is 10.0. The Labute approximate surface area is 251 Å². The monoisotopic (exact) mass is 573 g/mol. The van der Waals surface area contributed by atoms with Gasteiger partial charge in [0.25, 0.3) is 0 Å². The first-order chi connectivity index (χ1) is 19.5. The zero-order chi connectivity index (χ0) is 33.4. The Bertz CT molecular complexity index is 954. The van der Waals surface area contributed by atoms with Crippen molar-refractivity contribution in [3.05, 3.63) is 108 Å². The highest BCUT2D eigenvalue weighted by Crippen LogP contribution is 2.30. The Morgan fingerprint density at radius 2 is 1.46 bits per heavy atom. The molecule has 0 bridgehead atoms. The quantitative estimate of drug-likeness (QED) is 0.144. The van der Waals surface area contributed by atoms with Gasteiger partial charge in [-0.2, -0.15) is 0 Å². The summed E-state index contributed by atoms with van der Waals surface area (Å²) in [6, 6.07) is 7.82. The van der Waals surface area contributed by atoms with Gasteiger partial charge in [0.05, 0.1) is 5.69 Å². The number of anilines is 1. The Balaban J connectivity index is -0.000000209. The molecule has 1 aromatic carbocycles. The van der Waals surface area contributed by atoms with Crippen LogP contribution in [0.25, 0.3) is 5.57 Å². The van der Waals surface area contributed by atoms with E-state index in [1.54, 1.807) is 25.2 Å². The Morgan fingerprint density at radius 3 is 1.78 bits per heavy atom. The van der Waals surface area contributed by atoms with E-state index in [4.69, 9.17) is 21.7 Å². The van der Waals surface area contributed by atoms with Crippen LogP contribution in [0.4, 0.5) is 5.69 Å². The molecule has 1 amide bonds. The van der Waals surface area contributed by atoms with Gasteiger partial charge in [-0.25, -0.2) is 0 Å². The number of nitrogens with two attached hydrogens (primary N) is 2. The van der Waals surface area contributed by atoms with E-state index in [9.17, 15) is 4.79 Å². The summed E-state index contributed by atoms with van der Waals surface area (Å²) in [5.74, 6) is 0. The average Bonchev–Trinajstić information content (AvgIpc) is 2.99. The van der Waals surface area contributed by atoms with Crippen LogP contribution in [0.3, 0.4) is 0 Å². The second kappa shape index (κ2) is 34.5. The number of allylic oxidation sites excluding steroid dienone is 9. The van der Waals surface area contributed by atoms with Crippen molar-refractivity contribution in [1.29, 1.82) is 0 Å². The lowest BCUT2D eigenvalue weighted by Gasteiger charge is -2.24. The van der Waals surface area contributed by atoms with Crippen LogP contribution >= 0.6 is 0 Å². The summed E-state index contributed by atoms with van der Waals surface area (Å²) in [4.78, 5) is 13.6. The predicted octanol–water partition coefficient (Wildman–Crippen LogP) is 6.92. The van der Waals surface area contributed by atoms with Crippen LogP contribution in [-0.4, -0.2) is 51.6 Å². The first-order valence-electron chi connectivity index (χ1n) is 13.2. The zero-order valence-corrected chi connectivity index (χ0v) is 27.6. The van der Waals surface area contributed by atoms with Crippen LogP contribution < -0.4 is 16.4 Å². The molecule has 0 aromatic heterocycles. The molecule has 0 aliphatic carbocycles. The maximum atomic E-state index is 11.9. The van der Waals surface area contributed by atoms with E-state index in [2.05, 4.69) is 24.5 Å². The van der Waals surface area contributed by atoms with Crippen molar-refractivity contribution >= 4 is 17.7 Å². The third-order valence-corrected chi connectivity index (χ3v) is 4.91. The number of hydrogen-bond acceptors (Lipinski definition) is 6. The highest BCUT2D eigenvalue weighted by molar-refractivity contribution is 5.88. The van der Waals surface area contributed by atoms with Gasteiger partial charge in [-0.3, -0.25) is 9.69 Å².